The van der Waals surface area contributed by atoms with E-state index in [1.807, 2.05) is 90.1 Å². The number of benzene rings is 5. The Morgan fingerprint density at radius 3 is 2.00 bits per heavy atom. The predicted octanol–water partition coefficient (Wildman–Crippen LogP) is 11.9. The first-order valence-corrected chi connectivity index (χ1v) is 28.0. The van der Waals surface area contributed by atoms with Crippen LogP contribution in [0.15, 0.2) is 127 Å². The van der Waals surface area contributed by atoms with Crippen LogP contribution in [-0.2, 0) is 46.0 Å². The standard InChI is InChI=1S/C59H65N5O7.3C2H6/c1-37(57(70)71)34-49(66)45-22-15-31-60-52(67)29-32-63-46-27-25-40-18-10-12-20-43(40)54(46)58(3,4)50(63)23-14-24-51-59(5,6)55-44-21-13-11-19-41(44)26-28-47(55)64(51)33-30-53(68)61-38(2)48(65)36-42(56(69)62-45)35-39-16-8-7-9-17-39;3*1-2/h7-14,16-21,23-28,37-38,42,45H,15,22,29-36H2,1-6H3,(H3-,60,61,62,67,68,69,70,71);3*1-2H3/p+1/t37-,38+,42+,45+;;;/m1.../s1. The van der Waals surface area contributed by atoms with Gasteiger partial charge in [0.15, 0.2) is 23.8 Å². The van der Waals surface area contributed by atoms with Crippen LogP contribution in [0.1, 0.15) is 138 Å². The number of allylic oxidation sites excluding steroid dienone is 4. The van der Waals surface area contributed by atoms with Crippen LogP contribution < -0.4 is 20.9 Å². The molecule has 0 aromatic heterocycles. The van der Waals surface area contributed by atoms with Gasteiger partial charge in [-0.2, -0.15) is 4.58 Å². The zero-order valence-electron chi connectivity index (χ0n) is 47.7. The summed E-state index contributed by atoms with van der Waals surface area (Å²) in [6, 6.07) is 32.5. The lowest BCUT2D eigenvalue weighted by Crippen LogP contribution is -2.47. The average Bonchev–Trinajstić information content (AvgIpc) is 3.84. The smallest absolute Gasteiger partial charge is 0.306 e. The zero-order chi connectivity index (χ0) is 56.6. The summed E-state index contributed by atoms with van der Waals surface area (Å²) in [4.78, 5) is 83.8. The van der Waals surface area contributed by atoms with Gasteiger partial charge in [0.25, 0.3) is 0 Å². The summed E-state index contributed by atoms with van der Waals surface area (Å²) < 4.78 is 2.24. The molecule has 4 N–H and O–H groups in total. The maximum absolute atomic E-state index is 14.3. The molecule has 0 radical (unpaired) electrons. The largest absolute Gasteiger partial charge is 0.481 e. The van der Waals surface area contributed by atoms with Crippen molar-refractivity contribution in [3.8, 4) is 0 Å². The lowest BCUT2D eigenvalue weighted by molar-refractivity contribution is -0.436. The van der Waals surface area contributed by atoms with Gasteiger partial charge in [0.2, 0.25) is 23.4 Å². The predicted molar refractivity (Wildman–Crippen MR) is 313 cm³/mol. The first-order valence-electron chi connectivity index (χ1n) is 28.0. The number of fused-ring (bicyclic) bond motifs is 9. The highest BCUT2D eigenvalue weighted by atomic mass is 16.4. The van der Waals surface area contributed by atoms with Crippen molar-refractivity contribution in [3.05, 3.63) is 144 Å². The molecule has 8 rings (SSSR count). The van der Waals surface area contributed by atoms with Crippen molar-refractivity contribution in [2.24, 2.45) is 11.8 Å². The summed E-state index contributed by atoms with van der Waals surface area (Å²) in [5.74, 6) is -4.82. The van der Waals surface area contributed by atoms with E-state index >= 15 is 0 Å². The SMILES string of the molecule is CC.CC.CC.C[C@H](CC(=O)[C@@H]1CCCNC(=O)CC[N+]2=C(C=CC=C3N(CCC(=O)N[C@@H](C)C(=O)C[C@H](Cc4ccccc4)C(=O)N1)c1ccc4ccccc4c1C3(C)C)C(C)(C)c1c2ccc2ccccc12)C(=O)O. The molecular weight excluding hydrogens is 963 g/mol. The van der Waals surface area contributed by atoms with Crippen LogP contribution in [0.3, 0.4) is 0 Å². The summed E-state index contributed by atoms with van der Waals surface area (Å²) in [5.41, 5.74) is 6.31. The first-order chi connectivity index (χ1) is 36.9. The Bertz CT molecular complexity index is 3010. The Kier molecular flexibility index (Phi) is 21.8. The number of hydrogen-bond donors (Lipinski definition) is 4. The molecule has 410 valence electrons. The fourth-order valence-electron chi connectivity index (χ4n) is 10.9. The third-order valence-electron chi connectivity index (χ3n) is 14.8. The summed E-state index contributed by atoms with van der Waals surface area (Å²) in [5, 5.41) is 23.0. The van der Waals surface area contributed by atoms with Crippen molar-refractivity contribution in [1.82, 2.24) is 16.0 Å². The summed E-state index contributed by atoms with van der Waals surface area (Å²) in [7, 11) is 0. The molecule has 3 aliphatic heterocycles. The van der Waals surface area contributed by atoms with Crippen molar-refractivity contribution in [1.29, 1.82) is 0 Å². The van der Waals surface area contributed by atoms with Crippen LogP contribution in [0.25, 0.3) is 21.5 Å². The molecule has 3 amide bonds. The van der Waals surface area contributed by atoms with Gasteiger partial charge in [-0.1, -0.05) is 153 Å². The van der Waals surface area contributed by atoms with E-state index in [4.69, 9.17) is 0 Å². The number of hydrogen-bond acceptors (Lipinski definition) is 7. The lowest BCUT2D eigenvalue weighted by Gasteiger charge is -2.27. The fourth-order valence-corrected chi connectivity index (χ4v) is 10.9. The molecule has 3 heterocycles. The molecule has 3 aliphatic rings. The van der Waals surface area contributed by atoms with E-state index in [0.29, 0.717) is 19.5 Å². The molecule has 12 heteroatoms. The molecule has 0 aliphatic carbocycles. The second kappa shape index (κ2) is 27.7. The van der Waals surface area contributed by atoms with E-state index in [0.717, 1.165) is 55.5 Å². The molecule has 0 saturated carbocycles. The Hall–Kier alpha value is -7.21. The maximum Gasteiger partial charge on any atom is 0.306 e. The van der Waals surface area contributed by atoms with Crippen molar-refractivity contribution >= 4 is 73.9 Å². The highest BCUT2D eigenvalue weighted by Crippen LogP contribution is 2.51. The highest BCUT2D eigenvalue weighted by molar-refractivity contribution is 6.08. The molecule has 0 spiro atoms. The molecule has 0 fully saturated rings. The van der Waals surface area contributed by atoms with Crippen LogP contribution in [0.2, 0.25) is 0 Å². The fraction of sp³-hybridized carbons (Fsp3) is 0.431. The Balaban J connectivity index is 0.00000176. The Morgan fingerprint density at radius 1 is 0.740 bits per heavy atom. The third kappa shape index (κ3) is 14.0. The number of nitrogens with zero attached hydrogens (tertiary/aromatic N) is 2. The van der Waals surface area contributed by atoms with Gasteiger partial charge in [-0.05, 0) is 90.9 Å². The number of Topliss-reactive ketones (excluding diaryl/α,β-unsaturated/α-hetero) is 2. The molecule has 0 bridgehead atoms. The normalized spacial score (nSPS) is 20.2. The lowest BCUT2D eigenvalue weighted by atomic mass is 9.79. The number of carboxylic acid groups (broad SMARTS) is 1. The average molecular weight is 1050 g/mol. The second-order valence-corrected chi connectivity index (χ2v) is 20.5. The number of amides is 3. The number of rotatable bonds is 6. The number of carbonyl (C=O) groups excluding carboxylic acids is 5. The number of carbonyl (C=O) groups is 6. The highest BCUT2D eigenvalue weighted by Gasteiger charge is 2.46. The number of nitrogens with one attached hydrogen (secondary N) is 3. The van der Waals surface area contributed by atoms with Crippen molar-refractivity contribution in [2.45, 2.75) is 151 Å². The van der Waals surface area contributed by atoms with Crippen LogP contribution in [0, 0.1) is 11.8 Å². The second-order valence-electron chi connectivity index (χ2n) is 20.5. The van der Waals surface area contributed by atoms with Gasteiger partial charge < -0.3 is 26.0 Å². The summed E-state index contributed by atoms with van der Waals surface area (Å²) in [6.45, 7) is 24.9. The van der Waals surface area contributed by atoms with Gasteiger partial charge in [0.05, 0.1) is 29.8 Å². The molecule has 0 saturated heterocycles. The van der Waals surface area contributed by atoms with E-state index < -0.39 is 52.4 Å². The summed E-state index contributed by atoms with van der Waals surface area (Å²) in [6.07, 6.45) is 6.79. The quantitative estimate of drug-likeness (QED) is 0.122. The molecule has 5 aromatic rings. The van der Waals surface area contributed by atoms with Crippen LogP contribution in [0.4, 0.5) is 11.4 Å². The van der Waals surface area contributed by atoms with Crippen LogP contribution in [-0.4, -0.2) is 82.4 Å². The summed E-state index contributed by atoms with van der Waals surface area (Å²) >= 11 is 0. The minimum absolute atomic E-state index is 0.0795. The topological polar surface area (TPSA) is 165 Å². The minimum atomic E-state index is -1.13. The Morgan fingerprint density at radius 2 is 1.35 bits per heavy atom. The van der Waals surface area contributed by atoms with E-state index in [-0.39, 0.29) is 62.7 Å². The first kappa shape index (κ1) is 60.7. The van der Waals surface area contributed by atoms with Gasteiger partial charge in [0, 0.05) is 72.8 Å². The number of anilines is 1. The molecule has 0 unspecified atom stereocenters. The van der Waals surface area contributed by atoms with E-state index in [9.17, 15) is 33.9 Å². The molecular formula is C65H84N5O7+. The zero-order valence-corrected chi connectivity index (χ0v) is 47.7. The van der Waals surface area contributed by atoms with Gasteiger partial charge in [0.1, 0.15) is 0 Å². The number of aliphatic carboxylic acids is 1. The van der Waals surface area contributed by atoms with E-state index in [1.54, 1.807) is 6.92 Å². The van der Waals surface area contributed by atoms with E-state index in [1.165, 1.54) is 12.5 Å². The third-order valence-corrected chi connectivity index (χ3v) is 14.8. The van der Waals surface area contributed by atoms with Gasteiger partial charge >= 0.3 is 5.97 Å². The van der Waals surface area contributed by atoms with Gasteiger partial charge in [-0.15, -0.1) is 0 Å². The number of carboxylic acids is 1. The minimum Gasteiger partial charge on any atom is -0.481 e. The molecule has 77 heavy (non-hydrogen) atoms. The molecule has 5 aromatic carbocycles. The monoisotopic (exact) mass is 1050 g/mol. The van der Waals surface area contributed by atoms with Gasteiger partial charge in [-0.25, -0.2) is 0 Å². The van der Waals surface area contributed by atoms with Crippen molar-refractivity contribution < 1.29 is 38.4 Å². The van der Waals surface area contributed by atoms with E-state index in [2.05, 4.69) is 126 Å². The molecule has 4 atom stereocenters. The van der Waals surface area contributed by atoms with Crippen LogP contribution >= 0.6 is 0 Å². The maximum atomic E-state index is 14.3. The Labute approximate surface area is 457 Å². The van der Waals surface area contributed by atoms with Crippen molar-refractivity contribution in [2.75, 3.05) is 24.5 Å². The van der Waals surface area contributed by atoms with Crippen LogP contribution in [0.5, 0.6) is 0 Å². The molecule has 12 nitrogen and oxygen atoms in total. The van der Waals surface area contributed by atoms with Crippen molar-refractivity contribution in [3.63, 3.8) is 0 Å². The van der Waals surface area contributed by atoms with Gasteiger partial charge in [-0.3, -0.25) is 28.8 Å². The number of ketones is 2.